The topological polar surface area (TPSA) is 71.1 Å². The summed E-state index contributed by atoms with van der Waals surface area (Å²) in [5.41, 5.74) is 3.94. The molecule has 2 N–H and O–H groups in total. The van der Waals surface area contributed by atoms with E-state index in [1.807, 2.05) is 50.2 Å². The number of carbonyl (C=O) groups is 2. The Morgan fingerprint density at radius 1 is 0.939 bits per heavy atom. The van der Waals surface area contributed by atoms with Crippen molar-refractivity contribution >= 4 is 28.4 Å². The molecule has 33 heavy (non-hydrogen) atoms. The van der Waals surface area contributed by atoms with E-state index in [1.54, 1.807) is 30.3 Å². The highest BCUT2D eigenvalue weighted by Gasteiger charge is 2.15. The third kappa shape index (κ3) is 5.41. The summed E-state index contributed by atoms with van der Waals surface area (Å²) < 4.78 is 13.4. The lowest BCUT2D eigenvalue weighted by atomic mass is 10.0. The highest BCUT2D eigenvalue weighted by molar-refractivity contribution is 6.13. The van der Waals surface area contributed by atoms with Crippen LogP contribution in [0.5, 0.6) is 0 Å². The summed E-state index contributed by atoms with van der Waals surface area (Å²) in [7, 11) is 0. The van der Waals surface area contributed by atoms with Gasteiger partial charge < -0.3 is 10.6 Å². The maximum atomic E-state index is 13.4. The molecule has 0 radical (unpaired) electrons. The molecule has 0 saturated carbocycles. The maximum absolute atomic E-state index is 13.4. The lowest BCUT2D eigenvalue weighted by Crippen LogP contribution is -2.31. The molecule has 3 aromatic carbocycles. The Morgan fingerprint density at radius 3 is 2.33 bits per heavy atom. The molecule has 6 heteroatoms. The van der Waals surface area contributed by atoms with Crippen molar-refractivity contribution in [2.45, 2.75) is 26.3 Å². The predicted octanol–water partition coefficient (Wildman–Crippen LogP) is 5.36. The molecule has 4 aromatic rings. The largest absolute Gasteiger partial charge is 0.354 e. The van der Waals surface area contributed by atoms with Gasteiger partial charge in [-0.05, 0) is 67.9 Å². The minimum Gasteiger partial charge on any atom is -0.354 e. The minimum absolute atomic E-state index is 0.0432. The molecule has 0 atom stereocenters. The number of rotatable bonds is 6. The van der Waals surface area contributed by atoms with Crippen LogP contribution in [0.15, 0.2) is 78.9 Å². The van der Waals surface area contributed by atoms with Gasteiger partial charge in [-0.3, -0.25) is 9.59 Å². The molecule has 0 bridgehead atoms. The number of para-hydroxylation sites is 1. The zero-order valence-corrected chi connectivity index (χ0v) is 18.4. The van der Waals surface area contributed by atoms with Crippen molar-refractivity contribution in [2.75, 3.05) is 5.32 Å². The number of hydrogen-bond donors (Lipinski definition) is 2. The Morgan fingerprint density at radius 2 is 1.64 bits per heavy atom. The molecule has 0 unspecified atom stereocenters. The van der Waals surface area contributed by atoms with Crippen LogP contribution < -0.4 is 10.6 Å². The van der Waals surface area contributed by atoms with E-state index in [9.17, 15) is 14.0 Å². The van der Waals surface area contributed by atoms with E-state index in [2.05, 4.69) is 15.6 Å². The van der Waals surface area contributed by atoms with Crippen molar-refractivity contribution in [3.8, 4) is 11.3 Å². The Bertz CT molecular complexity index is 1300. The van der Waals surface area contributed by atoms with Crippen LogP contribution in [0.25, 0.3) is 22.2 Å². The zero-order valence-electron chi connectivity index (χ0n) is 18.4. The second-order valence-corrected chi connectivity index (χ2v) is 8.13. The van der Waals surface area contributed by atoms with Crippen LogP contribution in [0.1, 0.15) is 29.8 Å². The van der Waals surface area contributed by atoms with E-state index in [4.69, 9.17) is 0 Å². The van der Waals surface area contributed by atoms with E-state index >= 15 is 0 Å². The van der Waals surface area contributed by atoms with Crippen LogP contribution in [0.3, 0.4) is 0 Å². The van der Waals surface area contributed by atoms with Gasteiger partial charge in [0.05, 0.1) is 23.2 Å². The van der Waals surface area contributed by atoms with Crippen molar-refractivity contribution in [2.24, 2.45) is 0 Å². The van der Waals surface area contributed by atoms with E-state index in [0.29, 0.717) is 22.5 Å². The van der Waals surface area contributed by atoms with Crippen molar-refractivity contribution in [3.63, 3.8) is 0 Å². The smallest absolute Gasteiger partial charge is 0.256 e. The van der Waals surface area contributed by atoms with Crippen LogP contribution >= 0.6 is 0 Å². The van der Waals surface area contributed by atoms with Crippen molar-refractivity contribution in [3.05, 3.63) is 95.8 Å². The highest BCUT2D eigenvalue weighted by atomic mass is 19.1. The monoisotopic (exact) mass is 441 g/mol. The molecule has 0 saturated heterocycles. The number of halogens is 1. The number of pyridine rings is 1. The van der Waals surface area contributed by atoms with Crippen LogP contribution in [-0.2, 0) is 11.2 Å². The second kappa shape index (κ2) is 9.61. The van der Waals surface area contributed by atoms with Crippen molar-refractivity contribution in [1.82, 2.24) is 10.3 Å². The van der Waals surface area contributed by atoms with Crippen LogP contribution in [0.2, 0.25) is 0 Å². The number of benzene rings is 3. The summed E-state index contributed by atoms with van der Waals surface area (Å²) in [5.74, 6) is -0.650. The average molecular weight is 442 g/mol. The predicted molar refractivity (Wildman–Crippen MR) is 129 cm³/mol. The van der Waals surface area contributed by atoms with Gasteiger partial charge in [-0.1, -0.05) is 30.3 Å². The van der Waals surface area contributed by atoms with Crippen molar-refractivity contribution in [1.29, 1.82) is 0 Å². The van der Waals surface area contributed by atoms with Crippen molar-refractivity contribution < 1.29 is 14.0 Å². The van der Waals surface area contributed by atoms with E-state index in [1.165, 1.54) is 12.1 Å². The fraction of sp³-hybridized carbons (Fsp3) is 0.148. The average Bonchev–Trinajstić information content (AvgIpc) is 2.79. The fourth-order valence-corrected chi connectivity index (χ4v) is 3.59. The number of fused-ring (bicyclic) bond motifs is 1. The van der Waals surface area contributed by atoms with Gasteiger partial charge in [-0.15, -0.1) is 0 Å². The van der Waals surface area contributed by atoms with Gasteiger partial charge in [0.2, 0.25) is 5.91 Å². The summed E-state index contributed by atoms with van der Waals surface area (Å²) in [5, 5.41) is 6.51. The van der Waals surface area contributed by atoms with Crippen LogP contribution in [0.4, 0.5) is 10.1 Å². The third-order valence-corrected chi connectivity index (χ3v) is 5.13. The standard InChI is InChI=1S/C27H24FN3O2/c1-17(2)29-26(32)15-18-7-13-21(14-8-18)30-27(33)23-16-25(19-9-11-20(28)12-10-19)31-24-6-4-3-5-22(23)24/h3-14,16-17H,15H2,1-2H3,(H,29,32)(H,30,33). The van der Waals surface area contributed by atoms with E-state index < -0.39 is 0 Å². The normalized spacial score (nSPS) is 10.9. The van der Waals surface area contributed by atoms with Gasteiger partial charge in [0.25, 0.3) is 5.91 Å². The fourth-order valence-electron chi connectivity index (χ4n) is 3.59. The Hall–Kier alpha value is -4.06. The maximum Gasteiger partial charge on any atom is 0.256 e. The number of anilines is 1. The highest BCUT2D eigenvalue weighted by Crippen LogP contribution is 2.26. The van der Waals surface area contributed by atoms with Gasteiger partial charge in [-0.25, -0.2) is 9.37 Å². The third-order valence-electron chi connectivity index (χ3n) is 5.13. The number of aromatic nitrogens is 1. The van der Waals surface area contributed by atoms with Gasteiger partial charge in [-0.2, -0.15) is 0 Å². The van der Waals surface area contributed by atoms with Gasteiger partial charge in [0.15, 0.2) is 0 Å². The first-order valence-electron chi connectivity index (χ1n) is 10.7. The Kier molecular flexibility index (Phi) is 6.45. The molecule has 0 aliphatic heterocycles. The van der Waals surface area contributed by atoms with Gasteiger partial charge in [0.1, 0.15) is 5.82 Å². The second-order valence-electron chi connectivity index (χ2n) is 8.13. The Labute approximate surface area is 191 Å². The summed E-state index contributed by atoms with van der Waals surface area (Å²) in [6.45, 7) is 3.83. The lowest BCUT2D eigenvalue weighted by molar-refractivity contribution is -0.120. The summed E-state index contributed by atoms with van der Waals surface area (Å²) >= 11 is 0. The molecular formula is C27H24FN3O2. The molecule has 0 aliphatic rings. The summed E-state index contributed by atoms with van der Waals surface area (Å²) in [6, 6.07) is 22.4. The molecule has 166 valence electrons. The first-order chi connectivity index (χ1) is 15.9. The number of amides is 2. The number of nitrogens with one attached hydrogen (secondary N) is 2. The van der Waals surface area contributed by atoms with E-state index in [-0.39, 0.29) is 30.1 Å². The van der Waals surface area contributed by atoms with Crippen LogP contribution in [-0.4, -0.2) is 22.8 Å². The minimum atomic E-state index is -0.331. The van der Waals surface area contributed by atoms with E-state index in [0.717, 1.165) is 16.5 Å². The SMILES string of the molecule is CC(C)NC(=O)Cc1ccc(NC(=O)c2cc(-c3ccc(F)cc3)nc3ccccc23)cc1. The molecule has 0 fully saturated rings. The zero-order chi connectivity index (χ0) is 23.4. The molecule has 2 amide bonds. The quantitative estimate of drug-likeness (QED) is 0.423. The first kappa shape index (κ1) is 22.1. The Balaban J connectivity index is 1.59. The molecule has 0 spiro atoms. The molecule has 5 nitrogen and oxygen atoms in total. The first-order valence-corrected chi connectivity index (χ1v) is 10.7. The molecular weight excluding hydrogens is 417 g/mol. The summed E-state index contributed by atoms with van der Waals surface area (Å²) in [6.07, 6.45) is 0.280. The van der Waals surface area contributed by atoms with Gasteiger partial charge in [0, 0.05) is 22.7 Å². The number of nitrogens with zero attached hydrogens (tertiary/aromatic N) is 1. The number of carbonyl (C=O) groups excluding carboxylic acids is 2. The molecule has 1 aromatic heterocycles. The lowest BCUT2D eigenvalue weighted by Gasteiger charge is -2.12. The molecule has 0 aliphatic carbocycles. The molecule has 1 heterocycles. The van der Waals surface area contributed by atoms with Crippen LogP contribution in [0, 0.1) is 5.82 Å². The van der Waals surface area contributed by atoms with Gasteiger partial charge >= 0.3 is 0 Å². The number of hydrogen-bond acceptors (Lipinski definition) is 3. The summed E-state index contributed by atoms with van der Waals surface area (Å²) in [4.78, 5) is 29.8. The molecule has 4 rings (SSSR count).